The molecule has 21 heavy (non-hydrogen) atoms. The van der Waals surface area contributed by atoms with Crippen molar-refractivity contribution in [1.29, 1.82) is 0 Å². The zero-order valence-electron chi connectivity index (χ0n) is 13.4. The Labute approximate surface area is 127 Å². The zero-order chi connectivity index (χ0) is 15.5. The number of aliphatic hydroxyl groups excluding tert-OH is 1. The van der Waals surface area contributed by atoms with Gasteiger partial charge in [-0.2, -0.15) is 0 Å². The lowest BCUT2D eigenvalue weighted by molar-refractivity contribution is 0.200. The van der Waals surface area contributed by atoms with E-state index in [0.29, 0.717) is 0 Å². The van der Waals surface area contributed by atoms with E-state index in [0.717, 1.165) is 17.8 Å². The molecule has 2 nitrogen and oxygen atoms in total. The van der Waals surface area contributed by atoms with Gasteiger partial charge >= 0.3 is 0 Å². The molecule has 2 heteroatoms. The lowest BCUT2D eigenvalue weighted by atomic mass is 9.87. The van der Waals surface area contributed by atoms with E-state index >= 15 is 0 Å². The summed E-state index contributed by atoms with van der Waals surface area (Å²) in [4.78, 5) is 0. The van der Waals surface area contributed by atoms with Crippen LogP contribution in [0.2, 0.25) is 0 Å². The Morgan fingerprint density at radius 3 is 2.19 bits per heavy atom. The van der Waals surface area contributed by atoms with Gasteiger partial charge in [0, 0.05) is 17.8 Å². The predicted octanol–water partition coefficient (Wildman–Crippen LogP) is 4.65. The van der Waals surface area contributed by atoms with Crippen LogP contribution in [0.1, 0.15) is 50.5 Å². The molecule has 2 N–H and O–H groups in total. The third kappa shape index (κ3) is 4.08. The SMILES string of the molecule is CC(O)c1ccccc1NCc1ccc(C(C)(C)C)cc1. The van der Waals surface area contributed by atoms with Crippen molar-refractivity contribution in [2.75, 3.05) is 5.32 Å². The molecule has 2 rings (SSSR count). The van der Waals surface area contributed by atoms with E-state index in [2.05, 4.69) is 50.4 Å². The molecule has 2 aromatic rings. The number of anilines is 1. The highest BCUT2D eigenvalue weighted by Gasteiger charge is 2.13. The summed E-state index contributed by atoms with van der Waals surface area (Å²) in [5, 5.41) is 13.2. The van der Waals surface area contributed by atoms with Gasteiger partial charge in [0.05, 0.1) is 6.10 Å². The fourth-order valence-electron chi connectivity index (χ4n) is 2.34. The van der Waals surface area contributed by atoms with Gasteiger partial charge < -0.3 is 10.4 Å². The number of para-hydroxylation sites is 1. The van der Waals surface area contributed by atoms with Crippen molar-refractivity contribution < 1.29 is 5.11 Å². The van der Waals surface area contributed by atoms with Gasteiger partial charge in [-0.25, -0.2) is 0 Å². The number of rotatable bonds is 4. The lowest BCUT2D eigenvalue weighted by Gasteiger charge is -2.19. The Morgan fingerprint density at radius 1 is 1.00 bits per heavy atom. The summed E-state index contributed by atoms with van der Waals surface area (Å²) in [7, 11) is 0. The van der Waals surface area contributed by atoms with E-state index in [1.165, 1.54) is 11.1 Å². The third-order valence-corrected chi connectivity index (χ3v) is 3.71. The first-order valence-electron chi connectivity index (χ1n) is 7.48. The van der Waals surface area contributed by atoms with Crippen LogP contribution < -0.4 is 5.32 Å². The summed E-state index contributed by atoms with van der Waals surface area (Å²) < 4.78 is 0. The molecule has 0 aliphatic heterocycles. The molecule has 0 fully saturated rings. The van der Waals surface area contributed by atoms with Gasteiger partial charge in [0.1, 0.15) is 0 Å². The molecular weight excluding hydrogens is 258 g/mol. The van der Waals surface area contributed by atoms with E-state index in [1.54, 1.807) is 6.92 Å². The Morgan fingerprint density at radius 2 is 1.62 bits per heavy atom. The maximum atomic E-state index is 9.79. The lowest BCUT2D eigenvalue weighted by Crippen LogP contribution is -2.11. The summed E-state index contributed by atoms with van der Waals surface area (Å²) in [5.74, 6) is 0. The molecule has 0 amide bonds. The van der Waals surface area contributed by atoms with Crippen LogP contribution >= 0.6 is 0 Å². The number of aliphatic hydroxyl groups is 1. The van der Waals surface area contributed by atoms with Crippen LogP contribution in [0.3, 0.4) is 0 Å². The molecule has 0 spiro atoms. The van der Waals surface area contributed by atoms with Crippen molar-refractivity contribution in [2.24, 2.45) is 0 Å². The van der Waals surface area contributed by atoms with Gasteiger partial charge in [-0.1, -0.05) is 63.2 Å². The molecule has 0 radical (unpaired) electrons. The van der Waals surface area contributed by atoms with Gasteiger partial charge in [-0.15, -0.1) is 0 Å². The highest BCUT2D eigenvalue weighted by molar-refractivity contribution is 5.52. The van der Waals surface area contributed by atoms with E-state index < -0.39 is 6.10 Å². The molecule has 2 aromatic carbocycles. The summed E-state index contributed by atoms with van der Waals surface area (Å²) in [6.45, 7) is 9.21. The van der Waals surface area contributed by atoms with Crippen LogP contribution in [-0.2, 0) is 12.0 Å². The number of nitrogens with one attached hydrogen (secondary N) is 1. The first-order chi connectivity index (χ1) is 9.88. The second-order valence-corrected chi connectivity index (χ2v) is 6.56. The van der Waals surface area contributed by atoms with Crippen LogP contribution in [0.4, 0.5) is 5.69 Å². The Balaban J connectivity index is 2.07. The first-order valence-corrected chi connectivity index (χ1v) is 7.48. The maximum Gasteiger partial charge on any atom is 0.0781 e. The first kappa shape index (κ1) is 15.6. The second kappa shape index (κ2) is 6.31. The standard InChI is InChI=1S/C19H25NO/c1-14(21)17-7-5-6-8-18(17)20-13-15-9-11-16(12-10-15)19(2,3)4/h5-12,14,20-21H,13H2,1-4H3. The fraction of sp³-hybridized carbons (Fsp3) is 0.368. The molecule has 1 unspecified atom stereocenters. The van der Waals surface area contributed by atoms with Gasteiger partial charge in [0.25, 0.3) is 0 Å². The molecule has 0 bridgehead atoms. The van der Waals surface area contributed by atoms with E-state index in [9.17, 15) is 5.11 Å². The summed E-state index contributed by atoms with van der Waals surface area (Å²) in [6.07, 6.45) is -0.461. The number of benzene rings is 2. The Kier molecular flexibility index (Phi) is 4.69. The van der Waals surface area contributed by atoms with E-state index in [1.807, 2.05) is 24.3 Å². The molecule has 1 atom stereocenters. The molecule has 0 saturated heterocycles. The van der Waals surface area contributed by atoms with Gasteiger partial charge in [-0.05, 0) is 29.5 Å². The molecular formula is C19H25NO. The van der Waals surface area contributed by atoms with Gasteiger partial charge in [0.2, 0.25) is 0 Å². The average molecular weight is 283 g/mol. The zero-order valence-corrected chi connectivity index (χ0v) is 13.4. The monoisotopic (exact) mass is 283 g/mol. The average Bonchev–Trinajstić information content (AvgIpc) is 2.45. The maximum absolute atomic E-state index is 9.79. The van der Waals surface area contributed by atoms with Gasteiger partial charge in [0.15, 0.2) is 0 Å². The third-order valence-electron chi connectivity index (χ3n) is 3.71. The summed E-state index contributed by atoms with van der Waals surface area (Å²) in [5.41, 5.74) is 4.69. The Bertz CT molecular complexity index is 579. The molecule has 0 aliphatic rings. The van der Waals surface area contributed by atoms with Crippen LogP contribution in [-0.4, -0.2) is 5.11 Å². The topological polar surface area (TPSA) is 32.3 Å². The molecule has 0 saturated carbocycles. The predicted molar refractivity (Wildman–Crippen MR) is 89.5 cm³/mol. The number of hydrogen-bond acceptors (Lipinski definition) is 2. The van der Waals surface area contributed by atoms with Crippen molar-refractivity contribution in [3.63, 3.8) is 0 Å². The van der Waals surface area contributed by atoms with E-state index in [4.69, 9.17) is 0 Å². The molecule has 0 heterocycles. The van der Waals surface area contributed by atoms with Crippen molar-refractivity contribution in [3.8, 4) is 0 Å². The molecule has 112 valence electrons. The quantitative estimate of drug-likeness (QED) is 0.856. The van der Waals surface area contributed by atoms with Gasteiger partial charge in [-0.3, -0.25) is 0 Å². The van der Waals surface area contributed by atoms with Crippen molar-refractivity contribution >= 4 is 5.69 Å². The summed E-state index contributed by atoms with van der Waals surface area (Å²) in [6, 6.07) is 16.6. The van der Waals surface area contributed by atoms with Crippen LogP contribution in [0.15, 0.2) is 48.5 Å². The van der Waals surface area contributed by atoms with Crippen molar-refractivity contribution in [1.82, 2.24) is 0 Å². The smallest absolute Gasteiger partial charge is 0.0781 e. The van der Waals surface area contributed by atoms with Crippen molar-refractivity contribution in [2.45, 2.75) is 45.8 Å². The molecule has 0 aliphatic carbocycles. The summed E-state index contributed by atoms with van der Waals surface area (Å²) >= 11 is 0. The minimum absolute atomic E-state index is 0.185. The normalized spacial score (nSPS) is 13.0. The number of hydrogen-bond donors (Lipinski definition) is 2. The minimum Gasteiger partial charge on any atom is -0.389 e. The highest BCUT2D eigenvalue weighted by atomic mass is 16.3. The largest absolute Gasteiger partial charge is 0.389 e. The van der Waals surface area contributed by atoms with Crippen LogP contribution in [0.5, 0.6) is 0 Å². The highest BCUT2D eigenvalue weighted by Crippen LogP contribution is 2.24. The second-order valence-electron chi connectivity index (χ2n) is 6.56. The fourth-order valence-corrected chi connectivity index (χ4v) is 2.34. The molecule has 0 aromatic heterocycles. The van der Waals surface area contributed by atoms with Crippen LogP contribution in [0.25, 0.3) is 0 Å². The Hall–Kier alpha value is -1.80. The van der Waals surface area contributed by atoms with Crippen LogP contribution in [0, 0.1) is 0 Å². The van der Waals surface area contributed by atoms with Crippen molar-refractivity contribution in [3.05, 3.63) is 65.2 Å². The van der Waals surface area contributed by atoms with E-state index in [-0.39, 0.29) is 5.41 Å². The minimum atomic E-state index is -0.461.